The molecule has 4 amide bonds. The van der Waals surface area contributed by atoms with E-state index in [2.05, 4.69) is 10.6 Å². The second kappa shape index (κ2) is 14.4. The zero-order valence-corrected chi connectivity index (χ0v) is 25.1. The van der Waals surface area contributed by atoms with Gasteiger partial charge < -0.3 is 35.0 Å². The number of likely N-dealkylation sites (N-methyl/N-ethyl adjacent to an activating group) is 1. The Bertz CT molecular complexity index is 1230. The number of aliphatic hydroxyl groups excluding tert-OH is 1. The predicted molar refractivity (Wildman–Crippen MR) is 162 cm³/mol. The van der Waals surface area contributed by atoms with E-state index in [0.717, 1.165) is 25.7 Å². The lowest BCUT2D eigenvalue weighted by atomic mass is 9.88. The molecule has 3 N–H and O–H groups in total. The van der Waals surface area contributed by atoms with Crippen molar-refractivity contribution in [2.45, 2.75) is 64.5 Å². The van der Waals surface area contributed by atoms with Crippen molar-refractivity contribution in [3.05, 3.63) is 48.0 Å². The van der Waals surface area contributed by atoms with Crippen LogP contribution in [0.5, 0.6) is 11.5 Å². The molecule has 1 fully saturated rings. The van der Waals surface area contributed by atoms with E-state index in [0.29, 0.717) is 35.0 Å². The van der Waals surface area contributed by atoms with Gasteiger partial charge in [-0.3, -0.25) is 9.59 Å². The molecular formula is C32H44N4O6. The van der Waals surface area contributed by atoms with Gasteiger partial charge >= 0.3 is 6.03 Å². The van der Waals surface area contributed by atoms with Crippen molar-refractivity contribution >= 4 is 29.2 Å². The van der Waals surface area contributed by atoms with Crippen LogP contribution in [0.15, 0.2) is 42.5 Å². The topological polar surface area (TPSA) is 120 Å². The third-order valence-corrected chi connectivity index (χ3v) is 8.30. The van der Waals surface area contributed by atoms with Crippen molar-refractivity contribution in [2.24, 2.45) is 11.8 Å². The third-order valence-electron chi connectivity index (χ3n) is 8.30. The molecule has 4 rings (SSSR count). The van der Waals surface area contributed by atoms with Gasteiger partial charge in [0.05, 0.1) is 32.7 Å². The summed E-state index contributed by atoms with van der Waals surface area (Å²) in [5.41, 5.74) is 1.92. The summed E-state index contributed by atoms with van der Waals surface area (Å²) in [7, 11) is 3.29. The van der Waals surface area contributed by atoms with Crippen LogP contribution >= 0.6 is 0 Å². The van der Waals surface area contributed by atoms with E-state index < -0.39 is 6.10 Å². The minimum Gasteiger partial charge on any atom is -0.497 e. The van der Waals surface area contributed by atoms with E-state index in [-0.39, 0.29) is 55.3 Å². The first-order valence-electron chi connectivity index (χ1n) is 14.9. The number of benzene rings is 2. The van der Waals surface area contributed by atoms with Crippen LogP contribution in [-0.2, 0) is 16.0 Å². The molecule has 0 aromatic heterocycles. The number of fused-ring (bicyclic) bond motifs is 1. The molecule has 1 aliphatic heterocycles. The molecule has 0 bridgehead atoms. The molecule has 2 aromatic carbocycles. The quantitative estimate of drug-likeness (QED) is 0.422. The molecule has 0 radical (unpaired) electrons. The predicted octanol–water partition coefficient (Wildman–Crippen LogP) is 4.53. The number of hydrogen-bond donors (Lipinski definition) is 3. The monoisotopic (exact) mass is 580 g/mol. The number of urea groups is 1. The number of carbonyl (C=O) groups excluding carboxylic acids is 3. The summed E-state index contributed by atoms with van der Waals surface area (Å²) in [5, 5.41) is 15.8. The zero-order chi connectivity index (χ0) is 30.2. The van der Waals surface area contributed by atoms with Crippen molar-refractivity contribution in [1.29, 1.82) is 0 Å². The molecule has 1 aliphatic carbocycles. The minimum atomic E-state index is -0.447. The summed E-state index contributed by atoms with van der Waals surface area (Å²) in [6, 6.07) is 11.8. The molecule has 0 spiro atoms. The summed E-state index contributed by atoms with van der Waals surface area (Å²) in [6.07, 6.45) is 4.71. The van der Waals surface area contributed by atoms with Gasteiger partial charge in [-0.1, -0.05) is 26.2 Å². The van der Waals surface area contributed by atoms with E-state index in [1.807, 2.05) is 19.9 Å². The van der Waals surface area contributed by atoms with Gasteiger partial charge in [0.2, 0.25) is 11.8 Å². The lowest BCUT2D eigenvalue weighted by Gasteiger charge is -2.34. The Balaban J connectivity index is 1.54. The Hall–Kier alpha value is -3.79. The number of amides is 4. The van der Waals surface area contributed by atoms with Gasteiger partial charge in [-0.25, -0.2) is 4.79 Å². The highest BCUT2D eigenvalue weighted by Gasteiger charge is 2.32. The lowest BCUT2D eigenvalue weighted by molar-refractivity contribution is -0.134. The molecule has 0 saturated heterocycles. The van der Waals surface area contributed by atoms with E-state index in [9.17, 15) is 19.5 Å². The van der Waals surface area contributed by atoms with Crippen LogP contribution in [0.1, 0.15) is 51.5 Å². The SMILES string of the molecule is COc1ccc(NC(=O)N(C)C[C@@H]2Oc3ccc(NC(=O)C4CCCCC4)cc3CC(=O)N([C@@H](C)CO)C[C@H]2C)cc1. The summed E-state index contributed by atoms with van der Waals surface area (Å²) >= 11 is 0. The van der Waals surface area contributed by atoms with Gasteiger partial charge in [-0.05, 0) is 62.2 Å². The molecule has 10 heteroatoms. The van der Waals surface area contributed by atoms with Crippen molar-refractivity contribution < 1.29 is 29.0 Å². The van der Waals surface area contributed by atoms with Crippen molar-refractivity contribution in [2.75, 3.05) is 44.5 Å². The summed E-state index contributed by atoms with van der Waals surface area (Å²) < 4.78 is 11.7. The second-order valence-corrected chi connectivity index (χ2v) is 11.6. The number of hydrogen-bond acceptors (Lipinski definition) is 6. The molecule has 0 unspecified atom stereocenters. The first-order chi connectivity index (χ1) is 20.2. The Morgan fingerprint density at radius 2 is 1.79 bits per heavy atom. The average molecular weight is 581 g/mol. The molecule has 1 heterocycles. The number of methoxy groups -OCH3 is 1. The van der Waals surface area contributed by atoms with E-state index in [1.165, 1.54) is 6.42 Å². The molecular weight excluding hydrogens is 536 g/mol. The fourth-order valence-corrected chi connectivity index (χ4v) is 5.58. The molecule has 10 nitrogen and oxygen atoms in total. The second-order valence-electron chi connectivity index (χ2n) is 11.6. The number of carbonyl (C=O) groups is 3. The highest BCUT2D eigenvalue weighted by atomic mass is 16.5. The Labute approximate surface area is 248 Å². The third kappa shape index (κ3) is 7.94. The zero-order valence-electron chi connectivity index (χ0n) is 25.1. The summed E-state index contributed by atoms with van der Waals surface area (Å²) in [6.45, 7) is 4.25. The van der Waals surface area contributed by atoms with Crippen LogP contribution < -0.4 is 20.1 Å². The van der Waals surface area contributed by atoms with Crippen molar-refractivity contribution in [1.82, 2.24) is 9.80 Å². The number of rotatable bonds is 8. The minimum absolute atomic E-state index is 0.00701. The highest BCUT2D eigenvalue weighted by molar-refractivity contribution is 5.93. The number of nitrogens with one attached hydrogen (secondary N) is 2. The number of aliphatic hydroxyl groups is 1. The highest BCUT2D eigenvalue weighted by Crippen LogP contribution is 2.31. The fourth-order valence-electron chi connectivity index (χ4n) is 5.58. The summed E-state index contributed by atoms with van der Waals surface area (Å²) in [5.74, 6) is 0.967. The van der Waals surface area contributed by atoms with Crippen LogP contribution in [0.3, 0.4) is 0 Å². The maximum atomic E-state index is 13.5. The molecule has 3 atom stereocenters. The van der Waals surface area contributed by atoms with Crippen LogP contribution in [0.4, 0.5) is 16.2 Å². The first kappa shape index (κ1) is 31.2. The van der Waals surface area contributed by atoms with Crippen LogP contribution in [0.2, 0.25) is 0 Å². The van der Waals surface area contributed by atoms with Gasteiger partial charge in [-0.15, -0.1) is 0 Å². The van der Waals surface area contributed by atoms with Crippen molar-refractivity contribution in [3.63, 3.8) is 0 Å². The molecule has 2 aromatic rings. The number of nitrogens with zero attached hydrogens (tertiary/aromatic N) is 2. The van der Waals surface area contributed by atoms with Gasteiger partial charge in [-0.2, -0.15) is 0 Å². The van der Waals surface area contributed by atoms with Gasteiger partial charge in [0, 0.05) is 42.4 Å². The maximum absolute atomic E-state index is 13.5. The van der Waals surface area contributed by atoms with Crippen LogP contribution in [-0.4, -0.2) is 78.8 Å². The smallest absolute Gasteiger partial charge is 0.321 e. The number of ether oxygens (including phenoxy) is 2. The molecule has 1 saturated carbocycles. The maximum Gasteiger partial charge on any atom is 0.321 e. The fraction of sp³-hybridized carbons (Fsp3) is 0.531. The van der Waals surface area contributed by atoms with E-state index >= 15 is 0 Å². The van der Waals surface area contributed by atoms with Crippen LogP contribution in [0.25, 0.3) is 0 Å². The molecule has 2 aliphatic rings. The van der Waals surface area contributed by atoms with Gasteiger partial charge in [0.1, 0.15) is 17.6 Å². The van der Waals surface area contributed by atoms with Crippen molar-refractivity contribution in [3.8, 4) is 11.5 Å². The van der Waals surface area contributed by atoms with Gasteiger partial charge in [0.25, 0.3) is 0 Å². The van der Waals surface area contributed by atoms with E-state index in [1.54, 1.807) is 60.4 Å². The van der Waals surface area contributed by atoms with Gasteiger partial charge in [0.15, 0.2) is 0 Å². The summed E-state index contributed by atoms with van der Waals surface area (Å²) in [4.78, 5) is 42.7. The Morgan fingerprint density at radius 3 is 2.45 bits per heavy atom. The largest absolute Gasteiger partial charge is 0.497 e. The Kier molecular flexibility index (Phi) is 10.7. The first-order valence-corrected chi connectivity index (χ1v) is 14.9. The average Bonchev–Trinajstić information content (AvgIpc) is 3.04. The van der Waals surface area contributed by atoms with E-state index in [4.69, 9.17) is 9.47 Å². The van der Waals surface area contributed by atoms with Crippen LogP contribution in [0, 0.1) is 11.8 Å². The Morgan fingerprint density at radius 1 is 1.10 bits per heavy atom. The lowest BCUT2D eigenvalue weighted by Crippen LogP contribution is -2.48. The molecule has 228 valence electrons. The number of anilines is 2. The normalized spacial score (nSPS) is 20.2. The standard InChI is InChI=1S/C32H44N4O6/c1-21-18-36(22(2)20-37)30(38)17-24-16-26(33-31(39)23-8-6-5-7-9-23)12-15-28(24)42-29(21)19-35(3)32(40)34-25-10-13-27(41-4)14-11-25/h10-16,21-23,29,37H,5-9,17-20H2,1-4H3,(H,33,39)(H,34,40)/t21-,22+,29+/m1/s1. The molecule has 42 heavy (non-hydrogen) atoms.